The van der Waals surface area contributed by atoms with Crippen molar-refractivity contribution in [3.05, 3.63) is 29.8 Å². The molecule has 0 bridgehead atoms. The first kappa shape index (κ1) is 13.9. The van der Waals surface area contributed by atoms with Gasteiger partial charge in [0, 0.05) is 32.0 Å². The van der Waals surface area contributed by atoms with E-state index in [-0.39, 0.29) is 11.9 Å². The zero-order valence-electron chi connectivity index (χ0n) is 11.6. The van der Waals surface area contributed by atoms with E-state index in [1.54, 1.807) is 6.92 Å². The van der Waals surface area contributed by atoms with Crippen molar-refractivity contribution in [2.24, 2.45) is 5.73 Å². The molecule has 1 saturated heterocycles. The van der Waals surface area contributed by atoms with Crippen molar-refractivity contribution < 1.29 is 9.53 Å². The number of nitrogens with zero attached hydrogens (tertiary/aromatic N) is 1. The molecular formula is C15H22N2O2. The van der Waals surface area contributed by atoms with Crippen LogP contribution < -0.4 is 10.5 Å². The zero-order valence-corrected chi connectivity index (χ0v) is 11.6. The molecule has 1 amide bonds. The Bertz CT molecular complexity index is 430. The predicted octanol–water partition coefficient (Wildman–Crippen LogP) is 1.75. The Balaban J connectivity index is 2.09. The van der Waals surface area contributed by atoms with Gasteiger partial charge in [0.1, 0.15) is 5.75 Å². The molecule has 104 valence electrons. The molecule has 0 aliphatic carbocycles. The molecule has 2 rings (SSSR count). The minimum Gasteiger partial charge on any atom is -0.494 e. The van der Waals surface area contributed by atoms with E-state index in [9.17, 15) is 4.79 Å². The van der Waals surface area contributed by atoms with Crippen LogP contribution in [0, 0.1) is 0 Å². The highest BCUT2D eigenvalue weighted by Gasteiger charge is 2.27. The molecule has 0 aromatic heterocycles. The van der Waals surface area contributed by atoms with E-state index in [1.807, 2.05) is 24.0 Å². The van der Waals surface area contributed by atoms with Gasteiger partial charge in [-0.15, -0.1) is 0 Å². The summed E-state index contributed by atoms with van der Waals surface area (Å²) < 4.78 is 5.44. The lowest BCUT2D eigenvalue weighted by Crippen LogP contribution is -2.47. The fourth-order valence-corrected chi connectivity index (χ4v) is 2.64. The van der Waals surface area contributed by atoms with Crippen LogP contribution in [0.5, 0.6) is 5.75 Å². The monoisotopic (exact) mass is 262 g/mol. The normalized spacial score (nSPS) is 23.2. The molecule has 2 N–H and O–H groups in total. The van der Waals surface area contributed by atoms with Crippen molar-refractivity contribution in [3.8, 4) is 5.75 Å². The van der Waals surface area contributed by atoms with Crippen molar-refractivity contribution in [2.45, 2.75) is 32.2 Å². The van der Waals surface area contributed by atoms with E-state index >= 15 is 0 Å². The Labute approximate surface area is 114 Å². The van der Waals surface area contributed by atoms with Crippen LogP contribution in [-0.2, 0) is 4.79 Å². The third kappa shape index (κ3) is 3.47. The number of amides is 1. The average Bonchev–Trinajstić information content (AvgIpc) is 2.39. The molecule has 0 spiro atoms. The lowest BCUT2D eigenvalue weighted by molar-refractivity contribution is -0.130. The summed E-state index contributed by atoms with van der Waals surface area (Å²) in [5.74, 6) is 1.31. The fourth-order valence-electron chi connectivity index (χ4n) is 2.64. The van der Waals surface area contributed by atoms with Crippen molar-refractivity contribution in [3.63, 3.8) is 0 Å². The summed E-state index contributed by atoms with van der Waals surface area (Å²) in [6.07, 6.45) is 0.928. The molecule has 1 heterocycles. The molecular weight excluding hydrogens is 240 g/mol. The van der Waals surface area contributed by atoms with E-state index in [1.165, 1.54) is 5.56 Å². The van der Waals surface area contributed by atoms with Crippen molar-refractivity contribution >= 4 is 5.91 Å². The minimum atomic E-state index is 0.0641. The summed E-state index contributed by atoms with van der Waals surface area (Å²) in [4.78, 5) is 13.4. The van der Waals surface area contributed by atoms with Gasteiger partial charge >= 0.3 is 0 Å². The van der Waals surface area contributed by atoms with Crippen molar-refractivity contribution in [1.29, 1.82) is 0 Å². The topological polar surface area (TPSA) is 55.6 Å². The van der Waals surface area contributed by atoms with Crippen LogP contribution in [0.15, 0.2) is 24.3 Å². The Hall–Kier alpha value is -1.55. The summed E-state index contributed by atoms with van der Waals surface area (Å²) in [6.45, 7) is 5.68. The highest BCUT2D eigenvalue weighted by Crippen LogP contribution is 2.27. The largest absolute Gasteiger partial charge is 0.494 e. The molecule has 0 radical (unpaired) electrons. The van der Waals surface area contributed by atoms with Crippen LogP contribution in [0.4, 0.5) is 0 Å². The number of hydrogen-bond acceptors (Lipinski definition) is 3. The fraction of sp³-hybridized carbons (Fsp3) is 0.533. The summed E-state index contributed by atoms with van der Waals surface area (Å²) in [5.41, 5.74) is 7.28. The third-order valence-electron chi connectivity index (χ3n) is 3.59. The molecule has 19 heavy (non-hydrogen) atoms. The van der Waals surface area contributed by atoms with Crippen molar-refractivity contribution in [1.82, 2.24) is 4.90 Å². The molecule has 1 fully saturated rings. The molecule has 1 aromatic carbocycles. The summed E-state index contributed by atoms with van der Waals surface area (Å²) in [7, 11) is 0. The molecule has 2 unspecified atom stereocenters. The maximum absolute atomic E-state index is 11.5. The van der Waals surface area contributed by atoms with Crippen LogP contribution in [0.1, 0.15) is 31.7 Å². The first-order chi connectivity index (χ1) is 9.10. The van der Waals surface area contributed by atoms with Gasteiger partial charge in [-0.2, -0.15) is 0 Å². The number of likely N-dealkylation sites (tertiary alicyclic amines) is 1. The molecule has 4 heteroatoms. The van der Waals surface area contributed by atoms with Gasteiger partial charge in [0.2, 0.25) is 5.91 Å². The first-order valence-corrected chi connectivity index (χ1v) is 6.84. The third-order valence-corrected chi connectivity index (χ3v) is 3.59. The second kappa shape index (κ2) is 6.06. The number of carbonyl (C=O) groups is 1. The maximum atomic E-state index is 11.5. The van der Waals surface area contributed by atoms with Crippen LogP contribution in [0.3, 0.4) is 0 Å². The molecule has 0 saturated carbocycles. The minimum absolute atomic E-state index is 0.0641. The van der Waals surface area contributed by atoms with Gasteiger partial charge in [-0.3, -0.25) is 4.79 Å². The summed E-state index contributed by atoms with van der Waals surface area (Å²) in [5, 5.41) is 0. The average molecular weight is 262 g/mol. The zero-order chi connectivity index (χ0) is 13.8. The number of hydrogen-bond donors (Lipinski definition) is 1. The lowest BCUT2D eigenvalue weighted by atomic mass is 9.88. The number of benzene rings is 1. The number of nitrogens with two attached hydrogens (primary N) is 1. The van der Waals surface area contributed by atoms with Gasteiger partial charge in [-0.1, -0.05) is 12.1 Å². The van der Waals surface area contributed by atoms with Crippen molar-refractivity contribution in [2.75, 3.05) is 19.7 Å². The van der Waals surface area contributed by atoms with Gasteiger partial charge in [0.25, 0.3) is 0 Å². The smallest absolute Gasteiger partial charge is 0.219 e. The van der Waals surface area contributed by atoms with Gasteiger partial charge in [-0.25, -0.2) is 0 Å². The Morgan fingerprint density at radius 1 is 1.37 bits per heavy atom. The Morgan fingerprint density at radius 2 is 2.05 bits per heavy atom. The van der Waals surface area contributed by atoms with Crippen LogP contribution in [-0.4, -0.2) is 36.5 Å². The maximum Gasteiger partial charge on any atom is 0.219 e. The van der Waals surface area contributed by atoms with E-state index in [2.05, 4.69) is 12.1 Å². The molecule has 1 aliphatic rings. The first-order valence-electron chi connectivity index (χ1n) is 6.84. The van der Waals surface area contributed by atoms with Gasteiger partial charge < -0.3 is 15.4 Å². The van der Waals surface area contributed by atoms with Gasteiger partial charge in [0.05, 0.1) is 6.61 Å². The standard InChI is InChI=1S/C15H22N2O2/c1-3-19-15-6-4-12(5-7-15)13-8-14(16)10-17(9-13)11(2)18/h4-7,13-14H,3,8-10,16H2,1-2H3. The lowest BCUT2D eigenvalue weighted by Gasteiger charge is -2.36. The number of carbonyl (C=O) groups excluding carboxylic acids is 1. The Kier molecular flexibility index (Phi) is 4.43. The van der Waals surface area contributed by atoms with Crippen LogP contribution >= 0.6 is 0 Å². The van der Waals surface area contributed by atoms with E-state index in [4.69, 9.17) is 10.5 Å². The van der Waals surface area contributed by atoms with Crippen LogP contribution in [0.2, 0.25) is 0 Å². The van der Waals surface area contributed by atoms with Gasteiger partial charge in [0.15, 0.2) is 0 Å². The molecule has 1 aliphatic heterocycles. The highest BCUT2D eigenvalue weighted by atomic mass is 16.5. The molecule has 4 nitrogen and oxygen atoms in total. The van der Waals surface area contributed by atoms with E-state index in [0.717, 1.165) is 18.7 Å². The second-order valence-corrected chi connectivity index (χ2v) is 5.12. The SMILES string of the molecule is CCOc1ccc(C2CC(N)CN(C(C)=O)C2)cc1. The molecule has 2 atom stereocenters. The van der Waals surface area contributed by atoms with E-state index < -0.39 is 0 Å². The van der Waals surface area contributed by atoms with Gasteiger partial charge in [-0.05, 0) is 31.0 Å². The number of rotatable bonds is 3. The van der Waals surface area contributed by atoms with E-state index in [0.29, 0.717) is 19.1 Å². The predicted molar refractivity (Wildman–Crippen MR) is 75.2 cm³/mol. The quantitative estimate of drug-likeness (QED) is 0.903. The number of piperidine rings is 1. The Morgan fingerprint density at radius 3 is 2.63 bits per heavy atom. The summed E-state index contributed by atoms with van der Waals surface area (Å²) in [6, 6.07) is 8.18. The highest BCUT2D eigenvalue weighted by molar-refractivity contribution is 5.73. The number of ether oxygens (including phenoxy) is 1. The second-order valence-electron chi connectivity index (χ2n) is 5.12. The molecule has 1 aromatic rings. The van der Waals surface area contributed by atoms with Crippen LogP contribution in [0.25, 0.3) is 0 Å². The summed E-state index contributed by atoms with van der Waals surface area (Å²) >= 11 is 0.